The van der Waals surface area contributed by atoms with E-state index in [1.807, 2.05) is 48.5 Å². The third-order valence-electron chi connectivity index (χ3n) is 7.09. The van der Waals surface area contributed by atoms with Crippen LogP contribution in [-0.2, 0) is 17.2 Å². The molecule has 0 spiro atoms. The van der Waals surface area contributed by atoms with Crippen LogP contribution < -0.4 is 15.5 Å². The topological polar surface area (TPSA) is 166 Å². The van der Waals surface area contributed by atoms with Crippen molar-refractivity contribution in [3.05, 3.63) is 158 Å². The van der Waals surface area contributed by atoms with E-state index in [1.54, 1.807) is 24.3 Å². The summed E-state index contributed by atoms with van der Waals surface area (Å²) in [4.78, 5) is 47.2. The lowest BCUT2D eigenvalue weighted by atomic mass is 10.1. The molecule has 1 unspecified atom stereocenters. The van der Waals surface area contributed by atoms with E-state index in [2.05, 4.69) is 40.1 Å². The van der Waals surface area contributed by atoms with Gasteiger partial charge in [-0.25, -0.2) is 5.43 Å². The number of thioether (sulfide) groups is 1. The van der Waals surface area contributed by atoms with Gasteiger partial charge in [0.05, 0.1) is 27.7 Å². The Morgan fingerprint density at radius 2 is 1.46 bits per heavy atom. The number of fused-ring (bicyclic) bond motifs is 1. The predicted molar refractivity (Wildman–Crippen MR) is 184 cm³/mol. The van der Waals surface area contributed by atoms with Gasteiger partial charge >= 0.3 is 0 Å². The molecule has 5 aromatic carbocycles. The van der Waals surface area contributed by atoms with Gasteiger partial charge in [-0.1, -0.05) is 66.7 Å². The quantitative estimate of drug-likeness (QED) is 0.0780. The van der Waals surface area contributed by atoms with Gasteiger partial charge in [0.15, 0.2) is 0 Å². The van der Waals surface area contributed by atoms with E-state index >= 15 is 0 Å². The van der Waals surface area contributed by atoms with Gasteiger partial charge in [0.25, 0.3) is 23.2 Å². The number of amides is 2. The van der Waals surface area contributed by atoms with Gasteiger partial charge < -0.3 is 10.1 Å². The number of nitrogens with one attached hydrogen (secondary N) is 2. The molecule has 0 aliphatic rings. The molecule has 48 heavy (non-hydrogen) atoms. The van der Waals surface area contributed by atoms with Gasteiger partial charge in [0, 0.05) is 23.6 Å². The lowest BCUT2D eigenvalue weighted by molar-refractivity contribution is -0.394. The normalized spacial score (nSPS) is 11.6. The lowest BCUT2D eigenvalue weighted by Crippen LogP contribution is -2.47. The zero-order valence-corrected chi connectivity index (χ0v) is 26.2. The number of nitro benzene ring substituents is 2. The summed E-state index contributed by atoms with van der Waals surface area (Å²) in [5.74, 6) is -0.200. The van der Waals surface area contributed by atoms with Crippen molar-refractivity contribution in [2.75, 3.05) is 5.75 Å². The van der Waals surface area contributed by atoms with Crippen molar-refractivity contribution in [2.45, 2.75) is 18.4 Å². The second-order valence-corrected chi connectivity index (χ2v) is 11.6. The van der Waals surface area contributed by atoms with Gasteiger partial charge in [-0.05, 0) is 57.8 Å². The fourth-order valence-electron chi connectivity index (χ4n) is 4.62. The van der Waals surface area contributed by atoms with E-state index in [9.17, 15) is 29.8 Å². The van der Waals surface area contributed by atoms with Crippen molar-refractivity contribution in [1.82, 2.24) is 10.7 Å². The minimum Gasteiger partial charge on any atom is -0.489 e. The highest BCUT2D eigenvalue weighted by atomic mass is 32.2. The number of nitrogens with zero attached hydrogens (tertiary/aromatic N) is 3. The number of nitro groups is 2. The zero-order valence-electron chi connectivity index (χ0n) is 25.4. The zero-order chi connectivity index (χ0) is 33.9. The molecule has 0 heterocycles. The summed E-state index contributed by atoms with van der Waals surface area (Å²) in [6.07, 6.45) is 1.44. The van der Waals surface area contributed by atoms with Crippen molar-refractivity contribution in [3.8, 4) is 5.75 Å². The molecule has 2 amide bonds. The molecule has 2 N–H and O–H groups in total. The van der Waals surface area contributed by atoms with E-state index in [1.165, 1.54) is 18.0 Å². The van der Waals surface area contributed by atoms with Crippen LogP contribution in [0.25, 0.3) is 10.8 Å². The molecule has 5 rings (SSSR count). The molecule has 12 nitrogen and oxygen atoms in total. The first-order valence-electron chi connectivity index (χ1n) is 14.6. The van der Waals surface area contributed by atoms with Crippen LogP contribution in [-0.4, -0.2) is 39.7 Å². The van der Waals surface area contributed by atoms with E-state index in [4.69, 9.17) is 4.74 Å². The highest BCUT2D eigenvalue weighted by molar-refractivity contribution is 7.98. The van der Waals surface area contributed by atoms with Crippen molar-refractivity contribution in [1.29, 1.82) is 0 Å². The minimum atomic E-state index is -1.12. The molecular weight excluding hydrogens is 634 g/mol. The smallest absolute Gasteiger partial charge is 0.277 e. The summed E-state index contributed by atoms with van der Waals surface area (Å²) >= 11 is 1.37. The first-order chi connectivity index (χ1) is 23.2. The Bertz CT molecular complexity index is 1940. The lowest BCUT2D eigenvalue weighted by Gasteiger charge is -2.17. The third-order valence-corrected chi connectivity index (χ3v) is 8.20. The molecule has 13 heteroatoms. The summed E-state index contributed by atoms with van der Waals surface area (Å²) in [5, 5.41) is 31.5. The van der Waals surface area contributed by atoms with Gasteiger partial charge in [-0.2, -0.15) is 16.9 Å². The van der Waals surface area contributed by atoms with E-state index in [0.717, 1.165) is 40.1 Å². The van der Waals surface area contributed by atoms with E-state index in [-0.39, 0.29) is 11.3 Å². The van der Waals surface area contributed by atoms with Crippen LogP contribution in [0.5, 0.6) is 5.75 Å². The van der Waals surface area contributed by atoms with Crippen molar-refractivity contribution in [2.24, 2.45) is 5.10 Å². The number of carbonyl (C=O) groups excluding carboxylic acids is 2. The van der Waals surface area contributed by atoms with Crippen LogP contribution in [0.2, 0.25) is 0 Å². The van der Waals surface area contributed by atoms with E-state index < -0.39 is 39.1 Å². The molecule has 0 aliphatic carbocycles. The van der Waals surface area contributed by atoms with Crippen LogP contribution in [0.15, 0.2) is 120 Å². The molecule has 5 aromatic rings. The van der Waals surface area contributed by atoms with Crippen LogP contribution in [0.1, 0.15) is 27.0 Å². The van der Waals surface area contributed by atoms with Crippen LogP contribution in [0.3, 0.4) is 0 Å². The number of non-ortho nitro benzene ring substituents is 2. The van der Waals surface area contributed by atoms with Crippen molar-refractivity contribution in [3.63, 3.8) is 0 Å². The standard InChI is InChI=1S/C35H29N5O7S/c41-34(29-17-30(39(43)44)19-31(18-29)40(45)46)37-33(23-48-22-25-6-2-1-3-7-25)35(42)38-36-20-24-11-14-32(15-12-24)47-21-26-10-13-27-8-4-5-9-28(27)16-26/h1-20,33H,21-23H2,(H,37,41)(H,38,42)/b36-20+. The average Bonchev–Trinajstić information content (AvgIpc) is 3.10. The summed E-state index contributed by atoms with van der Waals surface area (Å²) in [5.41, 5.74) is 3.58. The Balaban J connectivity index is 1.21. The summed E-state index contributed by atoms with van der Waals surface area (Å²) in [6.45, 7) is 0.396. The van der Waals surface area contributed by atoms with Gasteiger partial charge in [0.2, 0.25) is 0 Å². The SMILES string of the molecule is O=C(NC(CSCc1ccccc1)C(=O)N/N=C/c1ccc(OCc2ccc3ccccc3c2)cc1)c1cc([N+](=O)[O-])cc([N+](=O)[O-])c1. The summed E-state index contributed by atoms with van der Waals surface area (Å²) in [6, 6.07) is 32.4. The number of hydrogen-bond donors (Lipinski definition) is 2. The maximum Gasteiger partial charge on any atom is 0.277 e. The van der Waals surface area contributed by atoms with Crippen molar-refractivity contribution < 1.29 is 24.2 Å². The summed E-state index contributed by atoms with van der Waals surface area (Å²) in [7, 11) is 0. The van der Waals surface area contributed by atoms with Crippen molar-refractivity contribution >= 4 is 51.9 Å². The molecule has 0 radical (unpaired) electrons. The Labute approximate surface area is 279 Å². The second kappa shape index (κ2) is 16.0. The number of benzene rings is 5. The van der Waals surface area contributed by atoms with Crippen LogP contribution >= 0.6 is 11.8 Å². The molecule has 0 bridgehead atoms. The van der Waals surface area contributed by atoms with Crippen LogP contribution in [0.4, 0.5) is 11.4 Å². The molecular formula is C35H29N5O7S. The highest BCUT2D eigenvalue weighted by Gasteiger charge is 2.25. The first kappa shape index (κ1) is 33.3. The van der Waals surface area contributed by atoms with Gasteiger partial charge in [0.1, 0.15) is 18.4 Å². The molecule has 0 fully saturated rings. The number of hydrazone groups is 1. The van der Waals surface area contributed by atoms with E-state index in [0.29, 0.717) is 23.7 Å². The Kier molecular flexibility index (Phi) is 11.1. The Morgan fingerprint density at radius 3 is 2.15 bits per heavy atom. The summed E-state index contributed by atoms with van der Waals surface area (Å²) < 4.78 is 5.92. The fourth-order valence-corrected chi connectivity index (χ4v) is 5.64. The minimum absolute atomic E-state index is 0.127. The molecule has 0 saturated carbocycles. The highest BCUT2D eigenvalue weighted by Crippen LogP contribution is 2.23. The molecule has 1 atom stereocenters. The number of ether oxygens (including phenoxy) is 1. The third kappa shape index (κ3) is 9.23. The maximum absolute atomic E-state index is 13.2. The Hall–Kier alpha value is -6.08. The fraction of sp³-hybridized carbons (Fsp3) is 0.114. The Morgan fingerprint density at radius 1 is 0.792 bits per heavy atom. The predicted octanol–water partition coefficient (Wildman–Crippen LogP) is 6.42. The largest absolute Gasteiger partial charge is 0.489 e. The average molecular weight is 664 g/mol. The monoisotopic (exact) mass is 663 g/mol. The number of carbonyl (C=O) groups is 2. The van der Waals surface area contributed by atoms with Crippen LogP contribution in [0, 0.1) is 20.2 Å². The molecule has 0 aliphatic heterocycles. The number of hydrogen-bond acceptors (Lipinski definition) is 9. The first-order valence-corrected chi connectivity index (χ1v) is 15.8. The van der Waals surface area contributed by atoms with Gasteiger partial charge in [-0.15, -0.1) is 0 Å². The molecule has 242 valence electrons. The molecule has 0 aromatic heterocycles. The second-order valence-electron chi connectivity index (χ2n) is 10.6. The maximum atomic E-state index is 13.2. The number of rotatable bonds is 14. The van der Waals surface area contributed by atoms with Gasteiger partial charge in [-0.3, -0.25) is 29.8 Å². The molecule has 0 saturated heterocycles.